The molecule has 0 spiro atoms. The van der Waals surface area contributed by atoms with Gasteiger partial charge in [-0.2, -0.15) is 0 Å². The highest BCUT2D eigenvalue weighted by molar-refractivity contribution is 5.27. The maximum atomic E-state index is 5.92. The van der Waals surface area contributed by atoms with Gasteiger partial charge in [-0.3, -0.25) is 4.90 Å². The molecule has 0 saturated carbocycles. The minimum atomic E-state index is 0.245. The lowest BCUT2D eigenvalue weighted by atomic mass is 9.93. The Labute approximate surface area is 129 Å². The molecule has 1 saturated heterocycles. The number of hydrogen-bond acceptors (Lipinski definition) is 3. The molecule has 0 aromatic heterocycles. The first-order valence-corrected chi connectivity index (χ1v) is 8.25. The number of nitrogens with one attached hydrogen (secondary N) is 1. The second-order valence-electron chi connectivity index (χ2n) is 6.49. The molecule has 1 heterocycles. The molecule has 0 aliphatic carbocycles. The van der Waals surface area contributed by atoms with E-state index in [0.29, 0.717) is 6.04 Å². The summed E-state index contributed by atoms with van der Waals surface area (Å²) in [5.74, 6) is 0.983. The molecule has 1 aromatic carbocycles. The van der Waals surface area contributed by atoms with Crippen LogP contribution in [0.4, 0.5) is 0 Å². The van der Waals surface area contributed by atoms with Crippen LogP contribution in [0.5, 0.6) is 5.75 Å². The Morgan fingerprint density at radius 3 is 2.86 bits per heavy atom. The first-order valence-electron chi connectivity index (χ1n) is 8.25. The standard InChI is InChI=1S/C18H30N2O/c1-5-16-13-19-18(4,6-2)14-20(16)10-11-21-17-9-7-8-15(3)12-17/h7-9,12,16,19H,5-6,10-11,13-14H2,1-4H3. The Morgan fingerprint density at radius 2 is 2.19 bits per heavy atom. The summed E-state index contributed by atoms with van der Waals surface area (Å²) in [4.78, 5) is 2.59. The van der Waals surface area contributed by atoms with E-state index in [0.717, 1.165) is 32.0 Å². The van der Waals surface area contributed by atoms with Gasteiger partial charge in [-0.05, 0) is 44.4 Å². The van der Waals surface area contributed by atoms with E-state index in [9.17, 15) is 0 Å². The molecule has 21 heavy (non-hydrogen) atoms. The Hall–Kier alpha value is -1.06. The maximum Gasteiger partial charge on any atom is 0.119 e. The molecule has 1 aromatic rings. The third-order valence-electron chi connectivity index (χ3n) is 4.72. The first kappa shape index (κ1) is 16.3. The molecular weight excluding hydrogens is 260 g/mol. The van der Waals surface area contributed by atoms with Gasteiger partial charge in [0.1, 0.15) is 12.4 Å². The summed E-state index contributed by atoms with van der Waals surface area (Å²) in [7, 11) is 0. The van der Waals surface area contributed by atoms with E-state index < -0.39 is 0 Å². The van der Waals surface area contributed by atoms with Crippen molar-refractivity contribution in [1.29, 1.82) is 0 Å². The number of nitrogens with zero attached hydrogens (tertiary/aromatic N) is 1. The molecule has 2 rings (SSSR count). The van der Waals surface area contributed by atoms with Crippen LogP contribution in [0.2, 0.25) is 0 Å². The van der Waals surface area contributed by atoms with Crippen LogP contribution >= 0.6 is 0 Å². The zero-order valence-electron chi connectivity index (χ0n) is 14.0. The number of aryl methyl sites for hydroxylation is 1. The van der Waals surface area contributed by atoms with Crippen molar-refractivity contribution in [3.05, 3.63) is 29.8 Å². The lowest BCUT2D eigenvalue weighted by Crippen LogP contribution is -2.63. The first-order chi connectivity index (χ1) is 10.1. The van der Waals surface area contributed by atoms with Crippen LogP contribution in [-0.2, 0) is 0 Å². The van der Waals surface area contributed by atoms with Crippen LogP contribution in [0.25, 0.3) is 0 Å². The fraction of sp³-hybridized carbons (Fsp3) is 0.667. The summed E-state index contributed by atoms with van der Waals surface area (Å²) in [6.45, 7) is 12.9. The third kappa shape index (κ3) is 4.45. The van der Waals surface area contributed by atoms with Gasteiger partial charge in [0.15, 0.2) is 0 Å². The van der Waals surface area contributed by atoms with E-state index in [4.69, 9.17) is 4.74 Å². The number of benzene rings is 1. The highest BCUT2D eigenvalue weighted by atomic mass is 16.5. The Balaban J connectivity index is 1.87. The largest absolute Gasteiger partial charge is 0.492 e. The van der Waals surface area contributed by atoms with Crippen LogP contribution in [0.15, 0.2) is 24.3 Å². The van der Waals surface area contributed by atoms with Gasteiger partial charge in [-0.15, -0.1) is 0 Å². The topological polar surface area (TPSA) is 24.5 Å². The lowest BCUT2D eigenvalue weighted by molar-refractivity contribution is 0.0691. The quantitative estimate of drug-likeness (QED) is 0.870. The molecule has 1 aliphatic heterocycles. The van der Waals surface area contributed by atoms with Crippen molar-refractivity contribution in [1.82, 2.24) is 10.2 Å². The van der Waals surface area contributed by atoms with Gasteiger partial charge >= 0.3 is 0 Å². The van der Waals surface area contributed by atoms with E-state index >= 15 is 0 Å². The lowest BCUT2D eigenvalue weighted by Gasteiger charge is -2.45. The minimum absolute atomic E-state index is 0.245. The second kappa shape index (κ2) is 7.28. The predicted octanol–water partition coefficient (Wildman–Crippen LogP) is 3.23. The number of ether oxygens (including phenoxy) is 1. The van der Waals surface area contributed by atoms with Gasteiger partial charge in [0.05, 0.1) is 0 Å². The Bertz CT molecular complexity index is 449. The molecule has 2 atom stereocenters. The fourth-order valence-corrected chi connectivity index (χ4v) is 3.01. The average Bonchev–Trinajstić information content (AvgIpc) is 2.48. The summed E-state index contributed by atoms with van der Waals surface area (Å²) in [6.07, 6.45) is 2.36. The molecule has 2 unspecified atom stereocenters. The van der Waals surface area contributed by atoms with Crippen LogP contribution in [0, 0.1) is 6.92 Å². The summed E-state index contributed by atoms with van der Waals surface area (Å²) >= 11 is 0. The monoisotopic (exact) mass is 290 g/mol. The van der Waals surface area contributed by atoms with Crippen molar-refractivity contribution in [2.45, 2.75) is 52.1 Å². The fourth-order valence-electron chi connectivity index (χ4n) is 3.01. The summed E-state index contributed by atoms with van der Waals surface area (Å²) in [5, 5.41) is 3.71. The Kier molecular flexibility index (Phi) is 5.65. The highest BCUT2D eigenvalue weighted by Gasteiger charge is 2.33. The van der Waals surface area contributed by atoms with Crippen molar-refractivity contribution >= 4 is 0 Å². The molecular formula is C18H30N2O. The summed E-state index contributed by atoms with van der Waals surface area (Å²) < 4.78 is 5.92. The normalized spacial score (nSPS) is 26.8. The number of piperazine rings is 1. The van der Waals surface area contributed by atoms with Gasteiger partial charge in [0.25, 0.3) is 0 Å². The van der Waals surface area contributed by atoms with Gasteiger partial charge in [-0.25, -0.2) is 0 Å². The van der Waals surface area contributed by atoms with Crippen molar-refractivity contribution in [3.63, 3.8) is 0 Å². The van der Waals surface area contributed by atoms with Crippen molar-refractivity contribution in [2.75, 3.05) is 26.2 Å². The van der Waals surface area contributed by atoms with Gasteiger partial charge in [0.2, 0.25) is 0 Å². The molecule has 118 valence electrons. The molecule has 0 radical (unpaired) electrons. The third-order valence-corrected chi connectivity index (χ3v) is 4.72. The van der Waals surface area contributed by atoms with Crippen LogP contribution in [-0.4, -0.2) is 42.7 Å². The van der Waals surface area contributed by atoms with E-state index in [-0.39, 0.29) is 5.54 Å². The maximum absolute atomic E-state index is 5.92. The van der Waals surface area contributed by atoms with E-state index in [1.807, 2.05) is 6.07 Å². The zero-order chi connectivity index (χ0) is 15.3. The van der Waals surface area contributed by atoms with Crippen LogP contribution in [0.1, 0.15) is 39.2 Å². The highest BCUT2D eigenvalue weighted by Crippen LogP contribution is 2.20. The molecule has 0 bridgehead atoms. The van der Waals surface area contributed by atoms with Crippen molar-refractivity contribution in [2.24, 2.45) is 0 Å². The summed E-state index contributed by atoms with van der Waals surface area (Å²) in [6, 6.07) is 8.93. The molecule has 3 heteroatoms. The van der Waals surface area contributed by atoms with Gasteiger partial charge in [0, 0.05) is 31.2 Å². The summed E-state index contributed by atoms with van der Waals surface area (Å²) in [5.41, 5.74) is 1.49. The zero-order valence-corrected chi connectivity index (χ0v) is 14.0. The van der Waals surface area contributed by atoms with Gasteiger partial charge < -0.3 is 10.1 Å². The Morgan fingerprint density at radius 1 is 1.38 bits per heavy atom. The van der Waals surface area contributed by atoms with Crippen molar-refractivity contribution in [3.8, 4) is 5.75 Å². The van der Waals surface area contributed by atoms with E-state index in [1.165, 1.54) is 18.4 Å². The minimum Gasteiger partial charge on any atom is -0.492 e. The van der Waals surface area contributed by atoms with E-state index in [2.05, 4.69) is 56.1 Å². The number of hydrogen-bond donors (Lipinski definition) is 1. The second-order valence-corrected chi connectivity index (χ2v) is 6.49. The molecule has 0 amide bonds. The van der Waals surface area contributed by atoms with Crippen molar-refractivity contribution < 1.29 is 4.74 Å². The molecule has 1 aliphatic rings. The van der Waals surface area contributed by atoms with Crippen LogP contribution < -0.4 is 10.1 Å². The number of rotatable bonds is 6. The molecule has 1 N–H and O–H groups in total. The smallest absolute Gasteiger partial charge is 0.119 e. The predicted molar refractivity (Wildman–Crippen MR) is 89.0 cm³/mol. The van der Waals surface area contributed by atoms with Crippen LogP contribution in [0.3, 0.4) is 0 Å². The van der Waals surface area contributed by atoms with Gasteiger partial charge in [-0.1, -0.05) is 26.0 Å². The molecule has 3 nitrogen and oxygen atoms in total. The SMILES string of the molecule is CCC1CNC(C)(CC)CN1CCOc1cccc(C)c1. The molecule has 1 fully saturated rings. The average molecular weight is 290 g/mol. The van der Waals surface area contributed by atoms with E-state index in [1.54, 1.807) is 0 Å².